The zero-order valence-electron chi connectivity index (χ0n) is 17.0. The summed E-state index contributed by atoms with van der Waals surface area (Å²) in [6.45, 7) is 0. The van der Waals surface area contributed by atoms with Gasteiger partial charge in [-0.1, -0.05) is 24.3 Å². The van der Waals surface area contributed by atoms with Crippen molar-refractivity contribution in [2.45, 2.75) is 5.03 Å². The minimum absolute atomic E-state index is 0.0212. The fraction of sp³-hybridized carbons (Fsp3) is 0.0909. The highest BCUT2D eigenvalue weighted by atomic mass is 32.2. The maximum atomic E-state index is 12.9. The number of anilines is 1. The van der Waals surface area contributed by atoms with E-state index in [-0.39, 0.29) is 22.0 Å². The first-order valence-electron chi connectivity index (χ1n) is 9.30. The van der Waals surface area contributed by atoms with Crippen LogP contribution in [-0.2, 0) is 10.0 Å². The number of rotatable bonds is 7. The summed E-state index contributed by atoms with van der Waals surface area (Å²) in [7, 11) is -1.11. The SMILES string of the molecule is COc1cc(C(=O)O)ccc1NS(=O)(=O)c1csc(-c2ccc(OC)c3ccccc23)n1. The maximum absolute atomic E-state index is 12.9. The average molecular weight is 471 g/mol. The Morgan fingerprint density at radius 2 is 1.72 bits per heavy atom. The Labute approximate surface area is 188 Å². The number of carboxylic acids is 1. The van der Waals surface area contributed by atoms with Crippen molar-refractivity contribution >= 4 is 43.8 Å². The van der Waals surface area contributed by atoms with Crippen LogP contribution in [0.3, 0.4) is 0 Å². The van der Waals surface area contributed by atoms with E-state index >= 15 is 0 Å². The predicted octanol–water partition coefficient (Wildman–Crippen LogP) is 4.48. The zero-order chi connectivity index (χ0) is 22.9. The third-order valence-corrected chi connectivity index (χ3v) is 7.06. The number of ether oxygens (including phenoxy) is 2. The second-order valence-corrected chi connectivity index (χ2v) is 9.16. The molecule has 32 heavy (non-hydrogen) atoms. The lowest BCUT2D eigenvalue weighted by Crippen LogP contribution is -2.14. The molecule has 0 saturated carbocycles. The summed E-state index contributed by atoms with van der Waals surface area (Å²) in [5, 5.41) is 12.7. The van der Waals surface area contributed by atoms with Gasteiger partial charge < -0.3 is 14.6 Å². The number of carbonyl (C=O) groups is 1. The number of aromatic nitrogens is 1. The van der Waals surface area contributed by atoms with Crippen LogP contribution in [0.25, 0.3) is 21.3 Å². The molecule has 4 aromatic rings. The molecule has 1 heterocycles. The van der Waals surface area contributed by atoms with Crippen LogP contribution in [-0.4, -0.2) is 38.7 Å². The van der Waals surface area contributed by atoms with Gasteiger partial charge in [0.2, 0.25) is 0 Å². The topological polar surface area (TPSA) is 115 Å². The second-order valence-electron chi connectivity index (χ2n) is 6.68. The molecule has 0 aliphatic carbocycles. The van der Waals surface area contributed by atoms with Gasteiger partial charge in [-0.3, -0.25) is 4.72 Å². The van der Waals surface area contributed by atoms with Crippen LogP contribution in [0.15, 0.2) is 65.0 Å². The van der Waals surface area contributed by atoms with Crippen LogP contribution >= 0.6 is 11.3 Å². The van der Waals surface area contributed by atoms with Crippen molar-refractivity contribution < 1.29 is 27.8 Å². The zero-order valence-corrected chi connectivity index (χ0v) is 18.7. The Kier molecular flexibility index (Phi) is 5.72. The van der Waals surface area contributed by atoms with E-state index in [0.717, 1.165) is 16.3 Å². The standard InChI is InChI=1S/C22H18N2O6S2/c1-29-18-10-8-16(14-5-3-4-6-15(14)18)21-23-20(12-31-21)32(27,28)24-17-9-7-13(22(25)26)11-19(17)30-2/h3-12,24H,1-2H3,(H,25,26). The van der Waals surface area contributed by atoms with Crippen molar-refractivity contribution in [1.82, 2.24) is 4.98 Å². The van der Waals surface area contributed by atoms with Crippen LogP contribution in [0.1, 0.15) is 10.4 Å². The predicted molar refractivity (Wildman–Crippen MR) is 122 cm³/mol. The lowest BCUT2D eigenvalue weighted by atomic mass is 10.0. The number of nitrogens with zero attached hydrogens (tertiary/aromatic N) is 1. The molecule has 0 aliphatic heterocycles. The number of benzene rings is 3. The van der Waals surface area contributed by atoms with Gasteiger partial charge in [-0.05, 0) is 35.7 Å². The minimum atomic E-state index is -4.04. The summed E-state index contributed by atoms with van der Waals surface area (Å²) in [6, 6.07) is 15.2. The van der Waals surface area contributed by atoms with Crippen molar-refractivity contribution in [3.05, 3.63) is 65.5 Å². The van der Waals surface area contributed by atoms with E-state index in [1.807, 2.05) is 36.4 Å². The first-order chi connectivity index (χ1) is 15.3. The molecule has 0 radical (unpaired) electrons. The van der Waals surface area contributed by atoms with Gasteiger partial charge in [0.15, 0.2) is 5.03 Å². The van der Waals surface area contributed by atoms with Gasteiger partial charge in [0.1, 0.15) is 16.5 Å². The molecule has 0 bridgehead atoms. The first-order valence-corrected chi connectivity index (χ1v) is 11.7. The number of nitrogens with one attached hydrogen (secondary N) is 1. The van der Waals surface area contributed by atoms with Gasteiger partial charge in [-0.2, -0.15) is 8.42 Å². The summed E-state index contributed by atoms with van der Waals surface area (Å²) in [4.78, 5) is 15.5. The highest BCUT2D eigenvalue weighted by molar-refractivity contribution is 7.92. The van der Waals surface area contributed by atoms with E-state index in [4.69, 9.17) is 14.6 Å². The van der Waals surface area contributed by atoms with Gasteiger partial charge in [-0.15, -0.1) is 11.3 Å². The molecule has 0 saturated heterocycles. The minimum Gasteiger partial charge on any atom is -0.496 e. The van der Waals surface area contributed by atoms with Gasteiger partial charge in [0.05, 0.1) is 25.5 Å². The summed E-state index contributed by atoms with van der Waals surface area (Å²) in [5.41, 5.74) is 0.880. The second kappa shape index (κ2) is 8.48. The lowest BCUT2D eigenvalue weighted by Gasteiger charge is -2.11. The molecule has 0 fully saturated rings. The van der Waals surface area contributed by atoms with Crippen LogP contribution in [0.2, 0.25) is 0 Å². The fourth-order valence-electron chi connectivity index (χ4n) is 3.25. The van der Waals surface area contributed by atoms with Crippen molar-refractivity contribution in [2.75, 3.05) is 18.9 Å². The number of carboxylic acid groups (broad SMARTS) is 1. The van der Waals surface area contributed by atoms with Crippen molar-refractivity contribution in [3.8, 4) is 22.1 Å². The fourth-order valence-corrected chi connectivity index (χ4v) is 5.45. The molecule has 0 unspecified atom stereocenters. The quantitative estimate of drug-likeness (QED) is 0.409. The van der Waals surface area contributed by atoms with E-state index in [9.17, 15) is 13.2 Å². The van der Waals surface area contributed by atoms with E-state index in [0.29, 0.717) is 10.8 Å². The molecular formula is C22H18N2O6S2. The Morgan fingerprint density at radius 3 is 2.41 bits per heavy atom. The molecule has 3 aromatic carbocycles. The molecule has 8 nitrogen and oxygen atoms in total. The normalized spacial score (nSPS) is 11.3. The summed E-state index contributed by atoms with van der Waals surface area (Å²) >= 11 is 1.20. The summed E-state index contributed by atoms with van der Waals surface area (Å²) < 4.78 is 38.9. The lowest BCUT2D eigenvalue weighted by molar-refractivity contribution is 0.0696. The number of hydrogen-bond donors (Lipinski definition) is 2. The van der Waals surface area contributed by atoms with E-state index in [1.54, 1.807) is 7.11 Å². The number of hydrogen-bond acceptors (Lipinski definition) is 7. The molecule has 0 atom stereocenters. The van der Waals surface area contributed by atoms with Gasteiger partial charge in [-0.25, -0.2) is 9.78 Å². The van der Waals surface area contributed by atoms with Gasteiger partial charge in [0, 0.05) is 16.3 Å². The van der Waals surface area contributed by atoms with E-state index < -0.39 is 16.0 Å². The van der Waals surface area contributed by atoms with Crippen LogP contribution in [0, 0.1) is 0 Å². The van der Waals surface area contributed by atoms with E-state index in [2.05, 4.69) is 9.71 Å². The van der Waals surface area contributed by atoms with Crippen LogP contribution in [0.5, 0.6) is 11.5 Å². The smallest absolute Gasteiger partial charge is 0.335 e. The summed E-state index contributed by atoms with van der Waals surface area (Å²) in [6.07, 6.45) is 0. The number of fused-ring (bicyclic) bond motifs is 1. The molecule has 0 amide bonds. The summed E-state index contributed by atoms with van der Waals surface area (Å²) in [5.74, 6) is -0.342. The first kappa shape index (κ1) is 21.6. The monoisotopic (exact) mass is 470 g/mol. The molecule has 0 spiro atoms. The molecular weight excluding hydrogens is 452 g/mol. The largest absolute Gasteiger partial charge is 0.496 e. The van der Waals surface area contributed by atoms with Gasteiger partial charge >= 0.3 is 5.97 Å². The van der Waals surface area contributed by atoms with Crippen LogP contribution < -0.4 is 14.2 Å². The third kappa shape index (κ3) is 3.97. The molecule has 164 valence electrons. The average Bonchev–Trinajstić information content (AvgIpc) is 3.29. The van der Waals surface area contributed by atoms with Crippen LogP contribution in [0.4, 0.5) is 5.69 Å². The Morgan fingerprint density at radius 1 is 1.00 bits per heavy atom. The van der Waals surface area contributed by atoms with Crippen molar-refractivity contribution in [3.63, 3.8) is 0 Å². The van der Waals surface area contributed by atoms with Crippen molar-refractivity contribution in [2.24, 2.45) is 0 Å². The number of thiazole rings is 1. The molecule has 2 N–H and O–H groups in total. The Hall–Kier alpha value is -3.63. The Balaban J connectivity index is 1.70. The number of aromatic carboxylic acids is 1. The van der Waals surface area contributed by atoms with E-state index in [1.165, 1.54) is 42.0 Å². The maximum Gasteiger partial charge on any atom is 0.335 e. The number of sulfonamides is 1. The third-order valence-electron chi connectivity index (χ3n) is 4.79. The molecule has 0 aliphatic rings. The van der Waals surface area contributed by atoms with Crippen molar-refractivity contribution in [1.29, 1.82) is 0 Å². The molecule has 10 heteroatoms. The molecule has 4 rings (SSSR count). The van der Waals surface area contributed by atoms with Gasteiger partial charge in [0.25, 0.3) is 10.0 Å². The number of methoxy groups -OCH3 is 2. The molecule has 1 aromatic heterocycles. The highest BCUT2D eigenvalue weighted by Crippen LogP contribution is 2.36. The highest BCUT2D eigenvalue weighted by Gasteiger charge is 2.22. The Bertz CT molecular complexity index is 1430.